The van der Waals surface area contributed by atoms with Crippen LogP contribution in [0.15, 0.2) is 75.3 Å². The van der Waals surface area contributed by atoms with Crippen LogP contribution in [-0.4, -0.2) is 77.5 Å². The topological polar surface area (TPSA) is 216 Å². The Kier molecular flexibility index (Phi) is 12.1. The summed E-state index contributed by atoms with van der Waals surface area (Å²) in [4.78, 5) is 79.1. The van der Waals surface area contributed by atoms with Gasteiger partial charge >= 0.3 is 5.69 Å². The summed E-state index contributed by atoms with van der Waals surface area (Å²) in [5.41, 5.74) is -1.82. The molecule has 3 aromatic rings. The van der Waals surface area contributed by atoms with Gasteiger partial charge in [0.15, 0.2) is 4.90 Å². The van der Waals surface area contributed by atoms with E-state index in [4.69, 9.17) is 4.74 Å². The SMILES string of the molecule is CC(C)C[C@H]1COc2ccc(cc2)C[C@H](NS(=O)(=O)c2cn(C)c(=O)n(C)c2=O)C(=O)N[C@H](C)C(=O)NC2(CC2)C(=O)N[C@H](Cc2ccccc2)C(=O)N1. The van der Waals surface area contributed by atoms with E-state index in [-0.39, 0.29) is 25.4 Å². The van der Waals surface area contributed by atoms with Crippen LogP contribution in [-0.2, 0) is 56.1 Å². The van der Waals surface area contributed by atoms with Crippen LogP contribution in [0.3, 0.4) is 0 Å². The van der Waals surface area contributed by atoms with E-state index in [9.17, 15) is 37.2 Å². The Hall–Kier alpha value is -5.29. The Balaban J connectivity index is 1.47. The molecule has 54 heavy (non-hydrogen) atoms. The van der Waals surface area contributed by atoms with E-state index in [0.717, 1.165) is 23.4 Å². The molecule has 1 aliphatic carbocycles. The third-order valence-electron chi connectivity index (χ3n) is 9.44. The van der Waals surface area contributed by atoms with Crippen LogP contribution >= 0.6 is 0 Å². The molecule has 2 aromatic carbocycles. The first kappa shape index (κ1) is 39.9. The van der Waals surface area contributed by atoms with Crippen molar-refractivity contribution in [2.75, 3.05) is 6.61 Å². The third kappa shape index (κ3) is 9.62. The summed E-state index contributed by atoms with van der Waals surface area (Å²) < 4.78 is 37.1. The van der Waals surface area contributed by atoms with Gasteiger partial charge in [-0.2, -0.15) is 4.72 Å². The Labute approximate surface area is 313 Å². The van der Waals surface area contributed by atoms with Crippen molar-refractivity contribution in [3.05, 3.63) is 92.8 Å². The molecule has 0 radical (unpaired) electrons. The minimum atomic E-state index is -4.69. The van der Waals surface area contributed by atoms with Gasteiger partial charge in [-0.15, -0.1) is 0 Å². The number of ether oxygens (including phenoxy) is 1. The van der Waals surface area contributed by atoms with Gasteiger partial charge in [0.05, 0.1) is 6.04 Å². The van der Waals surface area contributed by atoms with Crippen LogP contribution < -0.4 is 42.0 Å². The quantitative estimate of drug-likeness (QED) is 0.201. The van der Waals surface area contributed by atoms with Crippen LogP contribution in [0.2, 0.25) is 0 Å². The largest absolute Gasteiger partial charge is 0.491 e. The molecule has 0 saturated heterocycles. The normalized spacial score (nSPS) is 22.5. The predicted octanol–water partition coefficient (Wildman–Crippen LogP) is -0.222. The van der Waals surface area contributed by atoms with Crippen molar-refractivity contribution in [3.8, 4) is 5.75 Å². The summed E-state index contributed by atoms with van der Waals surface area (Å²) in [6.07, 6.45) is 2.02. The maximum absolute atomic E-state index is 13.8. The van der Waals surface area contributed by atoms with Gasteiger partial charge in [-0.1, -0.05) is 56.3 Å². The maximum atomic E-state index is 13.8. The number of nitrogens with one attached hydrogen (secondary N) is 5. The highest BCUT2D eigenvalue weighted by Gasteiger charge is 2.52. The van der Waals surface area contributed by atoms with Crippen molar-refractivity contribution >= 4 is 33.7 Å². The van der Waals surface area contributed by atoms with Crippen LogP contribution in [0.25, 0.3) is 0 Å². The summed E-state index contributed by atoms with van der Waals surface area (Å²) in [5.74, 6) is -1.92. The van der Waals surface area contributed by atoms with Crippen molar-refractivity contribution in [2.45, 2.75) is 87.5 Å². The molecule has 3 heterocycles. The van der Waals surface area contributed by atoms with E-state index in [2.05, 4.69) is 26.0 Å². The fourth-order valence-corrected chi connectivity index (χ4v) is 7.56. The second-order valence-corrected chi connectivity index (χ2v) is 16.1. The number of rotatable bonds is 7. The molecule has 4 amide bonds. The predicted molar refractivity (Wildman–Crippen MR) is 198 cm³/mol. The Morgan fingerprint density at radius 2 is 1.56 bits per heavy atom. The molecular weight excluding hydrogens is 719 g/mol. The van der Waals surface area contributed by atoms with Crippen molar-refractivity contribution < 1.29 is 32.3 Å². The molecule has 1 aromatic heterocycles. The monoisotopic (exact) mass is 765 g/mol. The Bertz CT molecular complexity index is 2110. The highest BCUT2D eigenvalue weighted by molar-refractivity contribution is 7.89. The second-order valence-electron chi connectivity index (χ2n) is 14.4. The number of carbonyl (C=O) groups is 4. The molecule has 4 atom stereocenters. The van der Waals surface area contributed by atoms with E-state index in [1.54, 1.807) is 24.3 Å². The summed E-state index contributed by atoms with van der Waals surface area (Å²) in [6.45, 7) is 5.51. The number of aromatic nitrogens is 2. The van der Waals surface area contributed by atoms with Crippen molar-refractivity contribution in [1.29, 1.82) is 0 Å². The lowest BCUT2D eigenvalue weighted by Crippen LogP contribution is -2.60. The molecule has 1 fully saturated rings. The molecule has 17 heteroatoms. The molecule has 5 N–H and O–H groups in total. The summed E-state index contributed by atoms with van der Waals surface area (Å²) >= 11 is 0. The minimum Gasteiger partial charge on any atom is -0.491 e. The summed E-state index contributed by atoms with van der Waals surface area (Å²) in [6, 6.07) is 11.6. The molecule has 2 bridgehead atoms. The highest BCUT2D eigenvalue weighted by Crippen LogP contribution is 2.36. The van der Waals surface area contributed by atoms with Gasteiger partial charge in [0.2, 0.25) is 33.7 Å². The van der Waals surface area contributed by atoms with E-state index in [0.29, 0.717) is 35.1 Å². The van der Waals surface area contributed by atoms with Gasteiger partial charge in [0.1, 0.15) is 36.0 Å². The molecule has 1 saturated carbocycles. The number of carbonyl (C=O) groups excluding carboxylic acids is 4. The van der Waals surface area contributed by atoms with E-state index >= 15 is 0 Å². The number of hydrogen-bond acceptors (Lipinski definition) is 9. The first-order chi connectivity index (χ1) is 25.5. The molecule has 0 unspecified atom stereocenters. The minimum absolute atomic E-state index is 0.104. The number of benzene rings is 2. The lowest BCUT2D eigenvalue weighted by atomic mass is 10.0. The van der Waals surface area contributed by atoms with Crippen LogP contribution in [0.4, 0.5) is 0 Å². The van der Waals surface area contributed by atoms with Crippen molar-refractivity contribution in [1.82, 2.24) is 35.1 Å². The summed E-state index contributed by atoms with van der Waals surface area (Å²) in [7, 11) is -2.27. The number of fused-ring (bicyclic) bond motifs is 15. The zero-order valence-corrected chi connectivity index (χ0v) is 31.7. The van der Waals surface area contributed by atoms with Crippen molar-refractivity contribution in [3.63, 3.8) is 0 Å². The van der Waals surface area contributed by atoms with Crippen molar-refractivity contribution in [2.24, 2.45) is 20.0 Å². The molecule has 6 rings (SSSR count). The number of amides is 4. The second kappa shape index (κ2) is 16.4. The molecule has 1 spiro atoms. The maximum Gasteiger partial charge on any atom is 0.330 e. The molecule has 2 aliphatic heterocycles. The van der Waals surface area contributed by atoms with Gasteiger partial charge < -0.3 is 30.6 Å². The fraction of sp³-hybridized carbons (Fsp3) is 0.459. The van der Waals surface area contributed by atoms with Gasteiger partial charge in [-0.3, -0.25) is 28.5 Å². The van der Waals surface area contributed by atoms with Crippen LogP contribution in [0, 0.1) is 5.92 Å². The molecule has 16 nitrogen and oxygen atoms in total. The van der Waals surface area contributed by atoms with E-state index in [1.165, 1.54) is 14.0 Å². The smallest absolute Gasteiger partial charge is 0.330 e. The zero-order valence-electron chi connectivity index (χ0n) is 30.9. The van der Waals surface area contributed by atoms with Crippen LogP contribution in [0.5, 0.6) is 5.75 Å². The third-order valence-corrected chi connectivity index (χ3v) is 10.9. The number of hydrogen-bond donors (Lipinski definition) is 5. The van der Waals surface area contributed by atoms with Crippen LogP contribution in [0.1, 0.15) is 51.2 Å². The lowest BCUT2D eigenvalue weighted by molar-refractivity contribution is -0.134. The Morgan fingerprint density at radius 1 is 0.889 bits per heavy atom. The number of sulfonamides is 1. The van der Waals surface area contributed by atoms with Gasteiger partial charge in [0, 0.05) is 26.7 Å². The standard InChI is InChI=1S/C37H47N7O9S/c1-22(2)17-26-21-53-27-13-11-25(12-14-27)19-29(42-54(51,52)30-20-43(4)36(50)44(5)34(30)48)33(47)38-23(3)31(45)41-37(15-16-37)35(49)40-28(32(46)39-26)18-24-9-7-6-8-10-24/h6-14,20,22-23,26,28-29,42H,15-19,21H2,1-5H3,(H,38,47)(H,39,46)(H,40,49)(H,41,45)/t23-,26+,28-,29+/m1/s1. The summed E-state index contributed by atoms with van der Waals surface area (Å²) in [5, 5.41) is 11.2. The van der Waals surface area contributed by atoms with E-state index < -0.39 is 79.5 Å². The lowest BCUT2D eigenvalue weighted by Gasteiger charge is -2.27. The van der Waals surface area contributed by atoms with Gasteiger partial charge in [-0.05, 0) is 61.8 Å². The zero-order chi connectivity index (χ0) is 39.4. The van der Waals surface area contributed by atoms with Gasteiger partial charge in [-0.25, -0.2) is 13.2 Å². The average molecular weight is 766 g/mol. The first-order valence-corrected chi connectivity index (χ1v) is 19.2. The average Bonchev–Trinajstić information content (AvgIpc) is 3.91. The number of aryl methyl sites for hydroxylation is 1. The highest BCUT2D eigenvalue weighted by atomic mass is 32.2. The molecule has 290 valence electrons. The molecular formula is C37H47N7O9S. The Morgan fingerprint density at radius 3 is 2.19 bits per heavy atom. The van der Waals surface area contributed by atoms with Gasteiger partial charge in [0.25, 0.3) is 5.56 Å². The van der Waals surface area contributed by atoms with E-state index in [1.807, 2.05) is 44.2 Å². The number of nitrogens with zero attached hydrogens (tertiary/aromatic N) is 2. The molecule has 3 aliphatic rings. The first-order valence-electron chi connectivity index (χ1n) is 17.8. The fourth-order valence-electron chi connectivity index (χ4n) is 6.20.